The Morgan fingerprint density at radius 3 is 2.61 bits per heavy atom. The molecule has 0 fully saturated rings. The summed E-state index contributed by atoms with van der Waals surface area (Å²) in [5.74, 6) is 3.22. The van der Waals surface area contributed by atoms with Crippen LogP contribution in [0, 0.1) is 0 Å². The molecule has 1 nitrogen and oxygen atoms in total. The molecule has 0 amide bonds. The lowest BCUT2D eigenvalue weighted by Gasteiger charge is -2.18. The van der Waals surface area contributed by atoms with E-state index < -0.39 is 0 Å². The van der Waals surface area contributed by atoms with Crippen molar-refractivity contribution in [1.82, 2.24) is 5.32 Å². The lowest BCUT2D eigenvalue weighted by atomic mass is 9.94. The smallest absolute Gasteiger partial charge is 0.00201 e. The van der Waals surface area contributed by atoms with E-state index in [9.17, 15) is 0 Å². The molecule has 0 aromatic heterocycles. The summed E-state index contributed by atoms with van der Waals surface area (Å²) in [6.07, 6.45) is 3.84. The minimum atomic E-state index is 0.676. The lowest BCUT2D eigenvalue weighted by Crippen LogP contribution is -2.22. The summed E-state index contributed by atoms with van der Waals surface area (Å²) in [4.78, 5) is 0. The van der Waals surface area contributed by atoms with Gasteiger partial charge in [-0.15, -0.1) is 0 Å². The van der Waals surface area contributed by atoms with E-state index in [1.165, 1.54) is 36.3 Å². The topological polar surface area (TPSA) is 12.0 Å². The van der Waals surface area contributed by atoms with Crippen molar-refractivity contribution >= 4 is 11.8 Å². The fraction of sp³-hybridized carbons (Fsp3) is 0.625. The van der Waals surface area contributed by atoms with Gasteiger partial charge in [-0.25, -0.2) is 0 Å². The van der Waals surface area contributed by atoms with Crippen LogP contribution in [0.1, 0.15) is 44.6 Å². The van der Waals surface area contributed by atoms with E-state index >= 15 is 0 Å². The molecule has 1 aromatic rings. The van der Waals surface area contributed by atoms with Gasteiger partial charge in [-0.2, -0.15) is 11.8 Å². The molecule has 1 unspecified atom stereocenters. The SMILES string of the molecule is CCCNCC(CCCSCC)c1ccccc1. The molecule has 18 heavy (non-hydrogen) atoms. The summed E-state index contributed by atoms with van der Waals surface area (Å²) >= 11 is 2.05. The Bertz CT molecular complexity index is 286. The molecule has 1 atom stereocenters. The first-order valence-corrected chi connectivity index (χ1v) is 8.37. The van der Waals surface area contributed by atoms with Crippen LogP contribution >= 0.6 is 11.8 Å². The van der Waals surface area contributed by atoms with Gasteiger partial charge in [-0.1, -0.05) is 44.2 Å². The molecular formula is C16H27NS. The highest BCUT2D eigenvalue weighted by atomic mass is 32.2. The molecule has 0 spiro atoms. The standard InChI is InChI=1S/C16H27NS/c1-3-12-17-14-16(11-8-13-18-4-2)15-9-6-5-7-10-15/h5-7,9-10,16-17H,3-4,8,11-14H2,1-2H3. The van der Waals surface area contributed by atoms with Crippen molar-refractivity contribution in [2.24, 2.45) is 0 Å². The summed E-state index contributed by atoms with van der Waals surface area (Å²) in [6, 6.07) is 11.0. The highest BCUT2D eigenvalue weighted by Crippen LogP contribution is 2.21. The van der Waals surface area contributed by atoms with Crippen molar-refractivity contribution in [3.63, 3.8) is 0 Å². The first-order chi connectivity index (χ1) is 8.88. The molecule has 0 saturated carbocycles. The Morgan fingerprint density at radius 2 is 1.94 bits per heavy atom. The van der Waals surface area contributed by atoms with Crippen molar-refractivity contribution in [1.29, 1.82) is 0 Å². The number of nitrogens with one attached hydrogen (secondary N) is 1. The summed E-state index contributed by atoms with van der Waals surface area (Å²) in [7, 11) is 0. The molecule has 0 radical (unpaired) electrons. The second-order valence-corrected chi connectivity index (χ2v) is 6.04. The first kappa shape index (κ1) is 15.6. The van der Waals surface area contributed by atoms with Crippen LogP contribution in [0.15, 0.2) is 30.3 Å². The van der Waals surface area contributed by atoms with E-state index in [0.29, 0.717) is 5.92 Å². The van der Waals surface area contributed by atoms with Gasteiger partial charge in [0.15, 0.2) is 0 Å². The molecule has 102 valence electrons. The van der Waals surface area contributed by atoms with Gasteiger partial charge < -0.3 is 5.32 Å². The van der Waals surface area contributed by atoms with Gasteiger partial charge in [0.1, 0.15) is 0 Å². The van der Waals surface area contributed by atoms with E-state index in [2.05, 4.69) is 61.3 Å². The summed E-state index contributed by atoms with van der Waals surface area (Å²) < 4.78 is 0. The number of rotatable bonds is 10. The van der Waals surface area contributed by atoms with Crippen LogP contribution in [0.2, 0.25) is 0 Å². The highest BCUT2D eigenvalue weighted by molar-refractivity contribution is 7.99. The zero-order chi connectivity index (χ0) is 13.1. The Labute approximate surface area is 117 Å². The number of hydrogen-bond acceptors (Lipinski definition) is 2. The van der Waals surface area contributed by atoms with Crippen molar-refractivity contribution in [2.75, 3.05) is 24.6 Å². The van der Waals surface area contributed by atoms with E-state index in [0.717, 1.165) is 13.1 Å². The largest absolute Gasteiger partial charge is 0.316 e. The molecule has 0 heterocycles. The van der Waals surface area contributed by atoms with Crippen LogP contribution in [-0.4, -0.2) is 24.6 Å². The van der Waals surface area contributed by atoms with Gasteiger partial charge >= 0.3 is 0 Å². The van der Waals surface area contributed by atoms with Crippen LogP contribution in [0.25, 0.3) is 0 Å². The quantitative estimate of drug-likeness (QED) is 0.633. The average molecular weight is 265 g/mol. The summed E-state index contributed by atoms with van der Waals surface area (Å²) in [5, 5.41) is 3.57. The predicted octanol–water partition coefficient (Wildman–Crippen LogP) is 4.30. The number of hydrogen-bond donors (Lipinski definition) is 1. The van der Waals surface area contributed by atoms with E-state index in [1.54, 1.807) is 0 Å². The third-order valence-electron chi connectivity index (χ3n) is 3.13. The van der Waals surface area contributed by atoms with Gasteiger partial charge in [-0.05, 0) is 48.8 Å². The molecule has 0 aliphatic rings. The number of benzene rings is 1. The van der Waals surface area contributed by atoms with Crippen LogP contribution in [0.3, 0.4) is 0 Å². The average Bonchev–Trinajstić information content (AvgIpc) is 2.42. The van der Waals surface area contributed by atoms with Gasteiger partial charge in [0.2, 0.25) is 0 Å². The molecule has 0 aliphatic carbocycles. The van der Waals surface area contributed by atoms with Gasteiger partial charge in [0.05, 0.1) is 0 Å². The lowest BCUT2D eigenvalue weighted by molar-refractivity contribution is 0.544. The molecule has 1 aromatic carbocycles. The second-order valence-electron chi connectivity index (χ2n) is 4.65. The number of thioether (sulfide) groups is 1. The molecular weight excluding hydrogens is 238 g/mol. The zero-order valence-corrected chi connectivity index (χ0v) is 12.6. The third kappa shape index (κ3) is 6.46. The molecule has 0 bridgehead atoms. The van der Waals surface area contributed by atoms with Crippen molar-refractivity contribution in [3.05, 3.63) is 35.9 Å². The van der Waals surface area contributed by atoms with Gasteiger partial charge in [0, 0.05) is 6.54 Å². The Kier molecular flexibility index (Phi) is 9.05. The monoisotopic (exact) mass is 265 g/mol. The predicted molar refractivity (Wildman–Crippen MR) is 84.6 cm³/mol. The molecule has 0 aliphatic heterocycles. The Morgan fingerprint density at radius 1 is 1.17 bits per heavy atom. The maximum atomic E-state index is 3.57. The van der Waals surface area contributed by atoms with Crippen LogP contribution in [-0.2, 0) is 0 Å². The zero-order valence-electron chi connectivity index (χ0n) is 11.8. The van der Waals surface area contributed by atoms with E-state index in [1.807, 2.05) is 0 Å². The van der Waals surface area contributed by atoms with E-state index in [-0.39, 0.29) is 0 Å². The third-order valence-corrected chi connectivity index (χ3v) is 4.12. The fourth-order valence-electron chi connectivity index (χ4n) is 2.14. The second kappa shape index (κ2) is 10.5. The van der Waals surface area contributed by atoms with Crippen molar-refractivity contribution in [2.45, 2.75) is 39.0 Å². The molecule has 2 heteroatoms. The van der Waals surface area contributed by atoms with Crippen molar-refractivity contribution in [3.8, 4) is 0 Å². The summed E-state index contributed by atoms with van der Waals surface area (Å²) in [5.41, 5.74) is 1.49. The molecule has 0 saturated heterocycles. The summed E-state index contributed by atoms with van der Waals surface area (Å²) in [6.45, 7) is 6.71. The van der Waals surface area contributed by atoms with Gasteiger partial charge in [-0.3, -0.25) is 0 Å². The minimum absolute atomic E-state index is 0.676. The first-order valence-electron chi connectivity index (χ1n) is 7.21. The van der Waals surface area contributed by atoms with Crippen LogP contribution in [0.4, 0.5) is 0 Å². The normalized spacial score (nSPS) is 12.6. The van der Waals surface area contributed by atoms with Crippen LogP contribution in [0.5, 0.6) is 0 Å². The minimum Gasteiger partial charge on any atom is -0.316 e. The molecule has 1 N–H and O–H groups in total. The van der Waals surface area contributed by atoms with E-state index in [4.69, 9.17) is 0 Å². The van der Waals surface area contributed by atoms with Crippen LogP contribution < -0.4 is 5.32 Å². The fourth-order valence-corrected chi connectivity index (χ4v) is 2.80. The Balaban J connectivity index is 2.42. The maximum Gasteiger partial charge on any atom is 0.00201 e. The highest BCUT2D eigenvalue weighted by Gasteiger charge is 2.10. The Hall–Kier alpha value is -0.470. The molecule has 1 rings (SSSR count). The maximum absolute atomic E-state index is 3.57. The van der Waals surface area contributed by atoms with Gasteiger partial charge in [0.25, 0.3) is 0 Å². The van der Waals surface area contributed by atoms with Crippen molar-refractivity contribution < 1.29 is 0 Å².